The summed E-state index contributed by atoms with van der Waals surface area (Å²) in [7, 11) is 4.18. The first-order chi connectivity index (χ1) is 16.6. The number of thiophene rings is 1. The molecular formula is C26H30N6OS. The molecule has 0 saturated carbocycles. The molecule has 0 amide bonds. The van der Waals surface area contributed by atoms with E-state index in [2.05, 4.69) is 94.0 Å². The van der Waals surface area contributed by atoms with E-state index in [-0.39, 0.29) is 6.17 Å². The van der Waals surface area contributed by atoms with Gasteiger partial charge in [-0.2, -0.15) is 5.10 Å². The van der Waals surface area contributed by atoms with Gasteiger partial charge in [-0.3, -0.25) is 0 Å². The lowest BCUT2D eigenvalue weighted by molar-refractivity contribution is 0.122. The van der Waals surface area contributed by atoms with Crippen molar-refractivity contribution in [2.24, 2.45) is 5.73 Å². The Kier molecular flexibility index (Phi) is 6.73. The fourth-order valence-corrected chi connectivity index (χ4v) is 5.33. The Balaban J connectivity index is 1.39. The third-order valence-electron chi connectivity index (χ3n) is 6.02. The highest BCUT2D eigenvalue weighted by molar-refractivity contribution is 7.15. The summed E-state index contributed by atoms with van der Waals surface area (Å²) in [5.74, 6) is 0.697. The number of nitrogens with one attached hydrogen (secondary N) is 1. The van der Waals surface area contributed by atoms with Gasteiger partial charge in [-0.05, 0) is 49.5 Å². The van der Waals surface area contributed by atoms with Gasteiger partial charge in [0.2, 0.25) is 0 Å². The number of nitrogens with zero attached hydrogens (tertiary/aromatic N) is 4. The molecule has 0 aliphatic carbocycles. The molecule has 3 N–H and O–H groups in total. The molecule has 4 aromatic rings. The van der Waals surface area contributed by atoms with Crippen LogP contribution in [0.4, 0.5) is 11.5 Å². The predicted molar refractivity (Wildman–Crippen MR) is 140 cm³/mol. The molecule has 5 rings (SSSR count). The summed E-state index contributed by atoms with van der Waals surface area (Å²) in [5.41, 5.74) is 10.3. The Labute approximate surface area is 204 Å². The molecular weight excluding hydrogens is 444 g/mol. The maximum absolute atomic E-state index is 6.61. The molecule has 176 valence electrons. The molecule has 1 saturated heterocycles. The van der Waals surface area contributed by atoms with Crippen LogP contribution in [0.1, 0.15) is 16.6 Å². The van der Waals surface area contributed by atoms with Crippen molar-refractivity contribution in [3.63, 3.8) is 0 Å². The fraction of sp³-hybridized carbons (Fsp3) is 0.308. The highest BCUT2D eigenvalue weighted by Crippen LogP contribution is 2.34. The van der Waals surface area contributed by atoms with Crippen molar-refractivity contribution in [1.29, 1.82) is 0 Å². The molecule has 1 fully saturated rings. The van der Waals surface area contributed by atoms with Crippen LogP contribution >= 0.6 is 11.3 Å². The number of benzene rings is 2. The van der Waals surface area contributed by atoms with Crippen LogP contribution in [0.2, 0.25) is 0 Å². The van der Waals surface area contributed by atoms with Crippen LogP contribution in [0.15, 0.2) is 60.8 Å². The maximum Gasteiger partial charge on any atom is 0.158 e. The van der Waals surface area contributed by atoms with Gasteiger partial charge in [0, 0.05) is 45.8 Å². The molecule has 1 atom stereocenters. The molecule has 2 aromatic heterocycles. The second kappa shape index (κ2) is 10.1. The Bertz CT molecular complexity index is 1270. The zero-order valence-electron chi connectivity index (χ0n) is 19.6. The highest BCUT2D eigenvalue weighted by atomic mass is 32.1. The molecule has 1 aliphatic rings. The average molecular weight is 475 g/mol. The van der Waals surface area contributed by atoms with Crippen molar-refractivity contribution < 1.29 is 4.74 Å². The largest absolute Gasteiger partial charge is 0.378 e. The van der Waals surface area contributed by atoms with Crippen molar-refractivity contribution in [3.05, 3.63) is 71.2 Å². The summed E-state index contributed by atoms with van der Waals surface area (Å²) in [5, 5.41) is 14.0. The highest BCUT2D eigenvalue weighted by Gasteiger charge is 2.16. The average Bonchev–Trinajstić information content (AvgIpc) is 3.35. The Morgan fingerprint density at radius 1 is 1.12 bits per heavy atom. The number of rotatable bonds is 7. The summed E-state index contributed by atoms with van der Waals surface area (Å²) in [6.45, 7) is 4.17. The number of hydrogen-bond acceptors (Lipinski definition) is 8. The maximum atomic E-state index is 6.61. The summed E-state index contributed by atoms with van der Waals surface area (Å²) in [6, 6.07) is 19.2. The molecule has 8 heteroatoms. The molecule has 0 spiro atoms. The van der Waals surface area contributed by atoms with Crippen LogP contribution in [-0.2, 0) is 11.3 Å². The fourth-order valence-electron chi connectivity index (χ4n) is 4.31. The van der Waals surface area contributed by atoms with Crippen molar-refractivity contribution in [1.82, 2.24) is 15.1 Å². The van der Waals surface area contributed by atoms with Gasteiger partial charge >= 0.3 is 0 Å². The molecule has 3 heterocycles. The number of anilines is 2. The zero-order chi connectivity index (χ0) is 23.5. The van der Waals surface area contributed by atoms with Gasteiger partial charge in [0.25, 0.3) is 0 Å². The van der Waals surface area contributed by atoms with E-state index in [9.17, 15) is 0 Å². The van der Waals surface area contributed by atoms with Gasteiger partial charge < -0.3 is 25.6 Å². The lowest BCUT2D eigenvalue weighted by Gasteiger charge is -2.29. The van der Waals surface area contributed by atoms with Crippen molar-refractivity contribution in [2.45, 2.75) is 12.7 Å². The van der Waals surface area contributed by atoms with Crippen molar-refractivity contribution >= 4 is 33.6 Å². The van der Waals surface area contributed by atoms with E-state index in [0.717, 1.165) is 54.2 Å². The first-order valence-electron chi connectivity index (χ1n) is 11.5. The van der Waals surface area contributed by atoms with E-state index in [1.807, 2.05) is 0 Å². The van der Waals surface area contributed by atoms with Crippen molar-refractivity contribution in [3.8, 4) is 10.4 Å². The first-order valence-corrected chi connectivity index (χ1v) is 12.3. The third kappa shape index (κ3) is 4.90. The number of nitrogens with two attached hydrogens (primary N) is 1. The Morgan fingerprint density at radius 2 is 1.94 bits per heavy atom. The van der Waals surface area contributed by atoms with Crippen LogP contribution in [0.5, 0.6) is 0 Å². The lowest BCUT2D eigenvalue weighted by atomic mass is 10.1. The third-order valence-corrected chi connectivity index (χ3v) is 7.22. The predicted octanol–water partition coefficient (Wildman–Crippen LogP) is 4.33. The SMILES string of the molecule is CN(C)Cc1ccccc1-c1ccc([C@@H](N)Nc2nncc3ccc(N4CCOCC4)cc23)s1. The van der Waals surface area contributed by atoms with Gasteiger partial charge in [0.05, 0.1) is 19.4 Å². The summed E-state index contributed by atoms with van der Waals surface area (Å²) in [4.78, 5) is 6.79. The number of morpholine rings is 1. The second-order valence-electron chi connectivity index (χ2n) is 8.78. The van der Waals surface area contributed by atoms with Crippen LogP contribution in [0.3, 0.4) is 0 Å². The van der Waals surface area contributed by atoms with Crippen LogP contribution < -0.4 is 16.0 Å². The number of ether oxygens (including phenoxy) is 1. The first kappa shape index (κ1) is 22.7. The topological polar surface area (TPSA) is 79.5 Å². The molecule has 2 aromatic carbocycles. The quantitative estimate of drug-likeness (QED) is 0.386. The minimum Gasteiger partial charge on any atom is -0.378 e. The van der Waals surface area contributed by atoms with E-state index >= 15 is 0 Å². The monoisotopic (exact) mass is 474 g/mol. The van der Waals surface area contributed by atoms with E-state index < -0.39 is 0 Å². The van der Waals surface area contributed by atoms with Gasteiger partial charge in [0.1, 0.15) is 6.17 Å². The molecule has 34 heavy (non-hydrogen) atoms. The number of aromatic nitrogens is 2. The number of hydrogen-bond donors (Lipinski definition) is 2. The smallest absolute Gasteiger partial charge is 0.158 e. The number of fused-ring (bicyclic) bond motifs is 1. The zero-order valence-corrected chi connectivity index (χ0v) is 20.4. The Morgan fingerprint density at radius 3 is 2.76 bits per heavy atom. The summed E-state index contributed by atoms with van der Waals surface area (Å²) in [6.07, 6.45) is 1.41. The van der Waals surface area contributed by atoms with E-state index in [4.69, 9.17) is 10.5 Å². The van der Waals surface area contributed by atoms with Gasteiger partial charge in [-0.25, -0.2) is 0 Å². The van der Waals surface area contributed by atoms with Crippen LogP contribution in [-0.4, -0.2) is 55.5 Å². The molecule has 7 nitrogen and oxygen atoms in total. The van der Waals surface area contributed by atoms with Gasteiger partial charge in [-0.15, -0.1) is 16.4 Å². The van der Waals surface area contributed by atoms with Gasteiger partial charge in [-0.1, -0.05) is 30.3 Å². The molecule has 1 aliphatic heterocycles. The minimum absolute atomic E-state index is 0.383. The van der Waals surface area contributed by atoms with E-state index in [0.29, 0.717) is 5.82 Å². The van der Waals surface area contributed by atoms with Crippen LogP contribution in [0, 0.1) is 0 Å². The molecule has 0 unspecified atom stereocenters. The normalized spacial score (nSPS) is 15.1. The summed E-state index contributed by atoms with van der Waals surface area (Å²) < 4.78 is 5.50. The Hall–Kier alpha value is -3.04. The lowest BCUT2D eigenvalue weighted by Crippen LogP contribution is -2.36. The van der Waals surface area contributed by atoms with E-state index in [1.165, 1.54) is 16.0 Å². The van der Waals surface area contributed by atoms with E-state index in [1.54, 1.807) is 17.5 Å². The minimum atomic E-state index is -0.383. The standard InChI is InChI=1S/C26H30N6OS/c1-31(2)17-19-5-3-4-6-21(19)23-9-10-24(34-23)25(27)29-26-22-15-20(32-11-13-33-14-12-32)8-7-18(22)16-28-30-26/h3-10,15-16,25H,11-14,17,27H2,1-2H3,(H,29,30)/t25-/m0/s1. The second-order valence-corrected chi connectivity index (χ2v) is 9.90. The molecule has 0 bridgehead atoms. The van der Waals surface area contributed by atoms with Gasteiger partial charge in [0.15, 0.2) is 5.82 Å². The summed E-state index contributed by atoms with van der Waals surface area (Å²) >= 11 is 1.71. The van der Waals surface area contributed by atoms with Crippen molar-refractivity contribution in [2.75, 3.05) is 50.6 Å². The van der Waals surface area contributed by atoms with Crippen LogP contribution in [0.25, 0.3) is 21.2 Å². The molecule has 0 radical (unpaired) electrons.